The lowest BCUT2D eigenvalue weighted by atomic mass is 10.1. The second-order valence-electron chi connectivity index (χ2n) is 7.31. The second kappa shape index (κ2) is 8.93. The smallest absolute Gasteiger partial charge is 0.197 e. The molecule has 0 unspecified atom stereocenters. The molecule has 0 bridgehead atoms. The molecule has 0 amide bonds. The molecule has 4 aromatic rings. The number of nitrogens with one attached hydrogen (secondary N) is 1. The van der Waals surface area contributed by atoms with Crippen LogP contribution in [-0.2, 0) is 4.74 Å². The van der Waals surface area contributed by atoms with E-state index in [4.69, 9.17) is 14.5 Å². The van der Waals surface area contributed by atoms with Gasteiger partial charge in [0, 0.05) is 45.6 Å². The van der Waals surface area contributed by atoms with Crippen molar-refractivity contribution in [2.24, 2.45) is 0 Å². The van der Waals surface area contributed by atoms with Crippen molar-refractivity contribution in [1.82, 2.24) is 9.38 Å². The third kappa shape index (κ3) is 3.95. The molecule has 0 saturated heterocycles. The summed E-state index contributed by atoms with van der Waals surface area (Å²) in [6.45, 7) is 4.21. The predicted molar refractivity (Wildman–Crippen MR) is 126 cm³/mol. The molecule has 158 valence electrons. The molecule has 1 N–H and O–H groups in total. The van der Waals surface area contributed by atoms with Gasteiger partial charge in [0.1, 0.15) is 17.3 Å². The molecule has 6 nitrogen and oxygen atoms in total. The average molecular weight is 425 g/mol. The zero-order chi connectivity index (χ0) is 21.1. The lowest BCUT2D eigenvalue weighted by molar-refractivity contribution is 0.198. The summed E-state index contributed by atoms with van der Waals surface area (Å²) in [5.74, 6) is 1.91. The monoisotopic (exact) mass is 424 g/mol. The van der Waals surface area contributed by atoms with Gasteiger partial charge in [-0.15, -0.1) is 0 Å². The van der Waals surface area contributed by atoms with E-state index >= 15 is 0 Å². The van der Waals surface area contributed by atoms with Gasteiger partial charge < -0.3 is 19.7 Å². The van der Waals surface area contributed by atoms with Gasteiger partial charge in [-0.3, -0.25) is 4.40 Å². The van der Waals surface area contributed by atoms with E-state index < -0.39 is 0 Å². The SMILES string of the molecule is CCOc1ccc2c(c1)sc1nc(-c3ccc(N(C)C)cc3)c(NCCCOC)n12. The van der Waals surface area contributed by atoms with Gasteiger partial charge in [0.15, 0.2) is 4.96 Å². The molecule has 2 aromatic heterocycles. The minimum Gasteiger partial charge on any atom is -0.494 e. The number of imidazole rings is 1. The van der Waals surface area contributed by atoms with Crippen molar-refractivity contribution in [3.8, 4) is 17.0 Å². The average Bonchev–Trinajstić information content (AvgIpc) is 3.27. The molecule has 0 fully saturated rings. The molecule has 2 heterocycles. The van der Waals surface area contributed by atoms with Crippen LogP contribution in [0.2, 0.25) is 0 Å². The molecule has 0 radical (unpaired) electrons. The van der Waals surface area contributed by atoms with Crippen molar-refractivity contribution in [2.45, 2.75) is 13.3 Å². The highest BCUT2D eigenvalue weighted by Gasteiger charge is 2.18. The summed E-state index contributed by atoms with van der Waals surface area (Å²) in [5, 5.41) is 3.61. The number of hydrogen-bond acceptors (Lipinski definition) is 6. The van der Waals surface area contributed by atoms with Gasteiger partial charge in [-0.1, -0.05) is 23.5 Å². The van der Waals surface area contributed by atoms with Gasteiger partial charge in [-0.25, -0.2) is 4.98 Å². The van der Waals surface area contributed by atoms with Crippen molar-refractivity contribution in [3.63, 3.8) is 0 Å². The van der Waals surface area contributed by atoms with Crippen LogP contribution >= 0.6 is 11.3 Å². The molecule has 2 aromatic carbocycles. The Morgan fingerprint density at radius 1 is 1.13 bits per heavy atom. The first-order valence-corrected chi connectivity index (χ1v) is 11.0. The van der Waals surface area contributed by atoms with Gasteiger partial charge >= 0.3 is 0 Å². The Balaban J connectivity index is 1.80. The van der Waals surface area contributed by atoms with E-state index in [9.17, 15) is 0 Å². The molecule has 4 rings (SSSR count). The zero-order valence-corrected chi connectivity index (χ0v) is 18.8. The van der Waals surface area contributed by atoms with Gasteiger partial charge in [-0.2, -0.15) is 0 Å². The summed E-state index contributed by atoms with van der Waals surface area (Å²) in [7, 11) is 5.83. The summed E-state index contributed by atoms with van der Waals surface area (Å²) in [6.07, 6.45) is 0.930. The number of rotatable bonds is 9. The number of anilines is 2. The zero-order valence-electron chi connectivity index (χ0n) is 17.9. The highest BCUT2D eigenvalue weighted by molar-refractivity contribution is 7.23. The molecular weight excluding hydrogens is 396 g/mol. The van der Waals surface area contributed by atoms with Crippen LogP contribution in [-0.4, -0.2) is 50.3 Å². The van der Waals surface area contributed by atoms with Crippen LogP contribution in [0.25, 0.3) is 26.4 Å². The fraction of sp³-hybridized carbons (Fsp3) is 0.348. The van der Waals surface area contributed by atoms with Gasteiger partial charge in [-0.05, 0) is 43.7 Å². The number of methoxy groups -OCH3 is 1. The van der Waals surface area contributed by atoms with Crippen molar-refractivity contribution >= 4 is 38.0 Å². The Hall–Kier alpha value is -2.77. The first-order valence-electron chi connectivity index (χ1n) is 10.2. The minimum atomic E-state index is 0.660. The van der Waals surface area contributed by atoms with Crippen LogP contribution < -0.4 is 15.0 Å². The molecule has 7 heteroatoms. The Bertz CT molecular complexity index is 1130. The van der Waals surface area contributed by atoms with E-state index in [-0.39, 0.29) is 0 Å². The Morgan fingerprint density at radius 3 is 2.63 bits per heavy atom. The van der Waals surface area contributed by atoms with Crippen molar-refractivity contribution in [2.75, 3.05) is 51.2 Å². The summed E-state index contributed by atoms with van der Waals surface area (Å²) >= 11 is 1.68. The van der Waals surface area contributed by atoms with Gasteiger partial charge in [0.2, 0.25) is 0 Å². The Kier molecular flexibility index (Phi) is 6.11. The van der Waals surface area contributed by atoms with Crippen LogP contribution in [0, 0.1) is 0 Å². The standard InChI is InChI=1S/C23H28N4O2S/c1-5-29-18-11-12-19-20(15-18)30-23-25-21(16-7-9-17(10-8-16)26(2)3)22(27(19)23)24-13-6-14-28-4/h7-12,15,24H,5-6,13-14H2,1-4H3. The van der Waals surface area contributed by atoms with E-state index in [0.29, 0.717) is 6.61 Å². The molecule has 30 heavy (non-hydrogen) atoms. The molecular formula is C23H28N4O2S. The maximum atomic E-state index is 5.68. The Morgan fingerprint density at radius 2 is 1.93 bits per heavy atom. The van der Waals surface area contributed by atoms with E-state index in [1.165, 1.54) is 5.69 Å². The fourth-order valence-corrected chi connectivity index (χ4v) is 4.57. The van der Waals surface area contributed by atoms with Crippen molar-refractivity contribution in [1.29, 1.82) is 0 Å². The Labute approximate surface area is 181 Å². The first kappa shape index (κ1) is 20.5. The van der Waals surface area contributed by atoms with Crippen molar-refractivity contribution in [3.05, 3.63) is 42.5 Å². The lowest BCUT2D eigenvalue weighted by Crippen LogP contribution is -2.08. The van der Waals surface area contributed by atoms with Gasteiger partial charge in [0.05, 0.1) is 16.8 Å². The molecule has 0 spiro atoms. The summed E-state index contributed by atoms with van der Waals surface area (Å²) in [6, 6.07) is 14.8. The van der Waals surface area contributed by atoms with E-state index in [2.05, 4.69) is 51.0 Å². The molecule has 0 saturated carbocycles. The summed E-state index contributed by atoms with van der Waals surface area (Å²) in [4.78, 5) is 8.07. The van der Waals surface area contributed by atoms with E-state index in [1.54, 1.807) is 18.4 Å². The van der Waals surface area contributed by atoms with Crippen LogP contribution in [0.15, 0.2) is 42.5 Å². The van der Waals surface area contributed by atoms with Crippen LogP contribution in [0.4, 0.5) is 11.5 Å². The van der Waals surface area contributed by atoms with Crippen LogP contribution in [0.3, 0.4) is 0 Å². The lowest BCUT2D eigenvalue weighted by Gasteiger charge is -2.13. The maximum absolute atomic E-state index is 5.68. The first-order chi connectivity index (χ1) is 14.6. The molecule has 0 aliphatic carbocycles. The fourth-order valence-electron chi connectivity index (χ4n) is 3.51. The largest absolute Gasteiger partial charge is 0.494 e. The number of nitrogens with zero attached hydrogens (tertiary/aromatic N) is 3. The third-order valence-corrected chi connectivity index (χ3v) is 6.01. The van der Waals surface area contributed by atoms with Crippen molar-refractivity contribution < 1.29 is 9.47 Å². The highest BCUT2D eigenvalue weighted by Crippen LogP contribution is 2.37. The topological polar surface area (TPSA) is 51.0 Å². The highest BCUT2D eigenvalue weighted by atomic mass is 32.1. The van der Waals surface area contributed by atoms with Crippen LogP contribution in [0.5, 0.6) is 5.75 Å². The van der Waals surface area contributed by atoms with Gasteiger partial charge in [0.25, 0.3) is 0 Å². The number of thiazole rings is 1. The third-order valence-electron chi connectivity index (χ3n) is 5.01. The number of ether oxygens (including phenoxy) is 2. The second-order valence-corrected chi connectivity index (χ2v) is 8.32. The normalized spacial score (nSPS) is 11.3. The maximum Gasteiger partial charge on any atom is 0.197 e. The predicted octanol–water partition coefficient (Wildman–Crippen LogP) is 5.13. The quantitative estimate of drug-likeness (QED) is 0.378. The van der Waals surface area contributed by atoms with Crippen LogP contribution in [0.1, 0.15) is 13.3 Å². The molecule has 0 aliphatic heterocycles. The number of aromatic nitrogens is 2. The number of hydrogen-bond donors (Lipinski definition) is 1. The summed E-state index contributed by atoms with van der Waals surface area (Å²) < 4.78 is 14.3. The number of benzene rings is 2. The molecule has 0 aliphatic rings. The number of fused-ring (bicyclic) bond motifs is 3. The minimum absolute atomic E-state index is 0.660. The van der Waals surface area contributed by atoms with E-state index in [1.807, 2.05) is 27.1 Å². The van der Waals surface area contributed by atoms with E-state index in [0.717, 1.165) is 57.6 Å². The molecule has 0 atom stereocenters. The summed E-state index contributed by atoms with van der Waals surface area (Å²) in [5.41, 5.74) is 4.38.